The maximum absolute atomic E-state index is 12.7. The standard InChI is InChI=1S/C23H27N3O5S/c27-22(25-12-1-2-13-25)19-7-5-18(6-8-19)17-31-23(28)20-9-14-26(15-10-20)32(29,30)21-4-3-11-24-16-21/h3-8,11,16,20H,1-2,9-10,12-15,17H2. The Bertz CT molecular complexity index is 1040. The molecule has 2 saturated heterocycles. The predicted octanol–water partition coefficient (Wildman–Crippen LogP) is 2.46. The van der Waals surface area contributed by atoms with E-state index >= 15 is 0 Å². The molecule has 2 aliphatic heterocycles. The maximum Gasteiger partial charge on any atom is 0.309 e. The van der Waals surface area contributed by atoms with Gasteiger partial charge in [-0.3, -0.25) is 14.6 Å². The number of carbonyl (C=O) groups excluding carboxylic acids is 2. The minimum atomic E-state index is -3.60. The zero-order valence-electron chi connectivity index (χ0n) is 17.9. The molecule has 2 fully saturated rings. The van der Waals surface area contributed by atoms with Gasteiger partial charge in [-0.25, -0.2) is 8.42 Å². The number of carbonyl (C=O) groups is 2. The Morgan fingerprint density at radius 2 is 1.69 bits per heavy atom. The summed E-state index contributed by atoms with van der Waals surface area (Å²) in [5, 5.41) is 0. The monoisotopic (exact) mass is 457 g/mol. The molecule has 0 aliphatic carbocycles. The number of benzene rings is 1. The van der Waals surface area contributed by atoms with Gasteiger partial charge in [-0.05, 0) is 55.5 Å². The van der Waals surface area contributed by atoms with Gasteiger partial charge >= 0.3 is 5.97 Å². The first-order valence-electron chi connectivity index (χ1n) is 10.9. The molecule has 1 amide bonds. The van der Waals surface area contributed by atoms with Gasteiger partial charge in [0.25, 0.3) is 5.91 Å². The Hall–Kier alpha value is -2.78. The number of piperidine rings is 1. The summed E-state index contributed by atoms with van der Waals surface area (Å²) >= 11 is 0. The van der Waals surface area contributed by atoms with Crippen LogP contribution in [-0.2, 0) is 26.2 Å². The molecule has 2 aliphatic rings. The number of hydrogen-bond donors (Lipinski definition) is 0. The lowest BCUT2D eigenvalue weighted by atomic mass is 9.98. The van der Waals surface area contributed by atoms with Crippen LogP contribution in [0.25, 0.3) is 0 Å². The van der Waals surface area contributed by atoms with Crippen molar-refractivity contribution in [3.05, 3.63) is 59.9 Å². The second-order valence-corrected chi connectivity index (χ2v) is 10.1. The molecule has 170 valence electrons. The third-order valence-electron chi connectivity index (χ3n) is 6.03. The number of sulfonamides is 1. The molecule has 2 aromatic rings. The molecule has 0 radical (unpaired) electrons. The summed E-state index contributed by atoms with van der Waals surface area (Å²) in [7, 11) is -3.60. The summed E-state index contributed by atoms with van der Waals surface area (Å²) in [6.07, 6.45) is 5.80. The van der Waals surface area contributed by atoms with Crippen LogP contribution in [0.3, 0.4) is 0 Å². The van der Waals surface area contributed by atoms with Crippen molar-refractivity contribution in [1.82, 2.24) is 14.2 Å². The number of amides is 1. The highest BCUT2D eigenvalue weighted by atomic mass is 32.2. The topological polar surface area (TPSA) is 96.9 Å². The maximum atomic E-state index is 12.7. The number of aromatic nitrogens is 1. The van der Waals surface area contributed by atoms with Gasteiger partial charge < -0.3 is 9.64 Å². The van der Waals surface area contributed by atoms with Crippen LogP contribution < -0.4 is 0 Å². The first kappa shape index (κ1) is 22.4. The smallest absolute Gasteiger partial charge is 0.309 e. The number of ether oxygens (including phenoxy) is 1. The van der Waals surface area contributed by atoms with Gasteiger partial charge in [0.05, 0.1) is 5.92 Å². The van der Waals surface area contributed by atoms with E-state index in [2.05, 4.69) is 4.98 Å². The molecule has 32 heavy (non-hydrogen) atoms. The number of hydrogen-bond acceptors (Lipinski definition) is 6. The number of pyridine rings is 1. The van der Waals surface area contributed by atoms with Crippen molar-refractivity contribution < 1.29 is 22.7 Å². The summed E-state index contributed by atoms with van der Waals surface area (Å²) < 4.78 is 32.2. The van der Waals surface area contributed by atoms with Crippen LogP contribution in [0.2, 0.25) is 0 Å². The number of rotatable bonds is 6. The lowest BCUT2D eigenvalue weighted by Gasteiger charge is -2.30. The fraction of sp³-hybridized carbons (Fsp3) is 0.435. The van der Waals surface area contributed by atoms with Crippen LogP contribution in [0.4, 0.5) is 0 Å². The molecule has 1 aromatic carbocycles. The van der Waals surface area contributed by atoms with Crippen LogP contribution in [0, 0.1) is 5.92 Å². The molecule has 0 N–H and O–H groups in total. The summed E-state index contributed by atoms with van der Waals surface area (Å²) in [5.74, 6) is -0.606. The van der Waals surface area contributed by atoms with E-state index in [1.165, 1.54) is 22.8 Å². The molecule has 4 rings (SSSR count). The number of esters is 1. The summed E-state index contributed by atoms with van der Waals surface area (Å²) in [4.78, 5) is 30.8. The number of likely N-dealkylation sites (tertiary alicyclic amines) is 1. The van der Waals surface area contributed by atoms with E-state index < -0.39 is 10.0 Å². The van der Waals surface area contributed by atoms with E-state index in [4.69, 9.17) is 4.74 Å². The van der Waals surface area contributed by atoms with Gasteiger partial charge in [-0.15, -0.1) is 0 Å². The average Bonchev–Trinajstić information content (AvgIpc) is 3.38. The third-order valence-corrected chi connectivity index (χ3v) is 7.92. The Morgan fingerprint density at radius 3 is 2.31 bits per heavy atom. The molecule has 0 saturated carbocycles. The minimum absolute atomic E-state index is 0.0408. The normalized spacial score (nSPS) is 17.9. The number of nitrogens with zero attached hydrogens (tertiary/aromatic N) is 3. The van der Waals surface area contributed by atoms with Crippen LogP contribution in [-0.4, -0.2) is 60.7 Å². The second kappa shape index (κ2) is 9.79. The van der Waals surface area contributed by atoms with Crippen molar-refractivity contribution in [2.45, 2.75) is 37.2 Å². The minimum Gasteiger partial charge on any atom is -0.461 e. The zero-order chi connectivity index (χ0) is 22.6. The first-order chi connectivity index (χ1) is 15.4. The molecule has 9 heteroatoms. The molecule has 1 aromatic heterocycles. The zero-order valence-corrected chi connectivity index (χ0v) is 18.7. The highest BCUT2D eigenvalue weighted by Crippen LogP contribution is 2.24. The Kier molecular flexibility index (Phi) is 6.86. The van der Waals surface area contributed by atoms with E-state index in [1.807, 2.05) is 4.90 Å². The van der Waals surface area contributed by atoms with Crippen LogP contribution in [0.5, 0.6) is 0 Å². The molecule has 0 bridgehead atoms. The fourth-order valence-electron chi connectivity index (χ4n) is 4.10. The Morgan fingerprint density at radius 1 is 1.00 bits per heavy atom. The molecule has 0 spiro atoms. The van der Waals surface area contributed by atoms with Gasteiger partial charge in [0.1, 0.15) is 11.5 Å². The van der Waals surface area contributed by atoms with E-state index in [1.54, 1.807) is 30.3 Å². The largest absolute Gasteiger partial charge is 0.461 e. The molecular weight excluding hydrogens is 430 g/mol. The van der Waals surface area contributed by atoms with Gasteiger partial charge in [-0.2, -0.15) is 4.31 Å². The second-order valence-electron chi connectivity index (χ2n) is 8.17. The Balaban J connectivity index is 1.26. The summed E-state index contributed by atoms with van der Waals surface area (Å²) in [6, 6.07) is 10.3. The van der Waals surface area contributed by atoms with Gasteiger partial charge in [0.2, 0.25) is 10.0 Å². The van der Waals surface area contributed by atoms with E-state index in [0.29, 0.717) is 18.4 Å². The Labute approximate surface area is 188 Å². The lowest BCUT2D eigenvalue weighted by Crippen LogP contribution is -2.40. The van der Waals surface area contributed by atoms with Crippen LogP contribution in [0.15, 0.2) is 53.7 Å². The van der Waals surface area contributed by atoms with E-state index in [0.717, 1.165) is 31.5 Å². The van der Waals surface area contributed by atoms with Crippen molar-refractivity contribution in [3.8, 4) is 0 Å². The van der Waals surface area contributed by atoms with Gasteiger partial charge in [-0.1, -0.05) is 12.1 Å². The lowest BCUT2D eigenvalue weighted by molar-refractivity contribution is -0.151. The average molecular weight is 458 g/mol. The summed E-state index contributed by atoms with van der Waals surface area (Å²) in [5.41, 5.74) is 1.46. The van der Waals surface area contributed by atoms with Crippen LogP contribution in [0.1, 0.15) is 41.6 Å². The van der Waals surface area contributed by atoms with Gasteiger partial charge in [0, 0.05) is 44.1 Å². The fourth-order valence-corrected chi connectivity index (χ4v) is 5.53. The SMILES string of the molecule is O=C(OCc1ccc(C(=O)N2CCCC2)cc1)C1CCN(S(=O)(=O)c2cccnc2)CC1. The molecule has 0 unspecified atom stereocenters. The highest BCUT2D eigenvalue weighted by Gasteiger charge is 2.33. The molecule has 3 heterocycles. The highest BCUT2D eigenvalue weighted by molar-refractivity contribution is 7.89. The van der Waals surface area contributed by atoms with Crippen molar-refractivity contribution in [3.63, 3.8) is 0 Å². The molecule has 8 nitrogen and oxygen atoms in total. The first-order valence-corrected chi connectivity index (χ1v) is 12.3. The van der Waals surface area contributed by atoms with E-state index in [9.17, 15) is 18.0 Å². The van der Waals surface area contributed by atoms with E-state index in [-0.39, 0.29) is 42.4 Å². The van der Waals surface area contributed by atoms with Crippen molar-refractivity contribution >= 4 is 21.9 Å². The molecular formula is C23H27N3O5S. The summed E-state index contributed by atoms with van der Waals surface area (Å²) in [6.45, 7) is 2.28. The van der Waals surface area contributed by atoms with Crippen LogP contribution >= 0.6 is 0 Å². The predicted molar refractivity (Wildman–Crippen MR) is 117 cm³/mol. The van der Waals surface area contributed by atoms with Gasteiger partial charge in [0.15, 0.2) is 0 Å². The quantitative estimate of drug-likeness (QED) is 0.618. The van der Waals surface area contributed by atoms with Crippen molar-refractivity contribution in [2.75, 3.05) is 26.2 Å². The van der Waals surface area contributed by atoms with Crippen molar-refractivity contribution in [1.29, 1.82) is 0 Å². The third kappa shape index (κ3) is 4.99. The molecule has 0 atom stereocenters. The van der Waals surface area contributed by atoms with Crippen molar-refractivity contribution in [2.24, 2.45) is 5.92 Å².